The predicted octanol–water partition coefficient (Wildman–Crippen LogP) is 3.28. The Morgan fingerprint density at radius 2 is 1.85 bits per heavy atom. The maximum absolute atomic E-state index is 10.9. The molecule has 0 aliphatic carbocycles. The molecular formula is C16H16O4. The molecule has 1 N–H and O–H groups in total. The van der Waals surface area contributed by atoms with E-state index in [1.54, 1.807) is 25.3 Å². The number of rotatable bonds is 5. The molecule has 0 aromatic heterocycles. The minimum absolute atomic E-state index is 0.263. The summed E-state index contributed by atoms with van der Waals surface area (Å²) in [6, 6.07) is 12.4. The van der Waals surface area contributed by atoms with Crippen LogP contribution in [0.1, 0.15) is 21.5 Å². The van der Waals surface area contributed by atoms with Crippen molar-refractivity contribution in [1.29, 1.82) is 0 Å². The third kappa shape index (κ3) is 3.29. The van der Waals surface area contributed by atoms with E-state index in [0.717, 1.165) is 16.9 Å². The largest absolute Gasteiger partial charge is 0.497 e. The summed E-state index contributed by atoms with van der Waals surface area (Å²) in [4.78, 5) is 10.9. The molecule has 0 spiro atoms. The van der Waals surface area contributed by atoms with Gasteiger partial charge in [-0.2, -0.15) is 0 Å². The van der Waals surface area contributed by atoms with Crippen LogP contribution in [0.25, 0.3) is 0 Å². The Morgan fingerprint density at radius 1 is 1.15 bits per heavy atom. The normalized spacial score (nSPS) is 10.1. The van der Waals surface area contributed by atoms with Crippen molar-refractivity contribution in [2.45, 2.75) is 13.5 Å². The second-order valence-electron chi connectivity index (χ2n) is 4.42. The summed E-state index contributed by atoms with van der Waals surface area (Å²) >= 11 is 0. The molecule has 0 aliphatic rings. The second-order valence-corrected chi connectivity index (χ2v) is 4.42. The highest BCUT2D eigenvalue weighted by Gasteiger charge is 2.06. The van der Waals surface area contributed by atoms with Crippen LogP contribution in [0.4, 0.5) is 0 Å². The number of carboxylic acid groups (broad SMARTS) is 1. The van der Waals surface area contributed by atoms with E-state index in [1.165, 1.54) is 0 Å². The highest BCUT2D eigenvalue weighted by molar-refractivity contribution is 5.88. The van der Waals surface area contributed by atoms with Crippen LogP contribution in [0, 0.1) is 6.92 Å². The minimum atomic E-state index is -0.935. The van der Waals surface area contributed by atoms with Crippen molar-refractivity contribution >= 4 is 5.97 Å². The molecule has 2 aromatic carbocycles. The lowest BCUT2D eigenvalue weighted by Crippen LogP contribution is -2.00. The summed E-state index contributed by atoms with van der Waals surface area (Å²) in [6.45, 7) is 2.26. The van der Waals surface area contributed by atoms with Crippen molar-refractivity contribution in [3.8, 4) is 11.5 Å². The van der Waals surface area contributed by atoms with Crippen LogP contribution in [0.3, 0.4) is 0 Å². The molecule has 20 heavy (non-hydrogen) atoms. The van der Waals surface area contributed by atoms with Gasteiger partial charge in [0.1, 0.15) is 18.1 Å². The molecule has 0 amide bonds. The van der Waals surface area contributed by atoms with Crippen molar-refractivity contribution in [3.05, 3.63) is 59.2 Å². The van der Waals surface area contributed by atoms with Gasteiger partial charge in [-0.1, -0.05) is 12.1 Å². The van der Waals surface area contributed by atoms with Crippen LogP contribution < -0.4 is 9.47 Å². The zero-order valence-corrected chi connectivity index (χ0v) is 11.4. The number of carbonyl (C=O) groups is 1. The van der Waals surface area contributed by atoms with Crippen LogP contribution in [0.15, 0.2) is 42.5 Å². The monoisotopic (exact) mass is 272 g/mol. The Bertz CT molecular complexity index is 602. The number of hydrogen-bond acceptors (Lipinski definition) is 3. The minimum Gasteiger partial charge on any atom is -0.497 e. The molecule has 4 heteroatoms. The lowest BCUT2D eigenvalue weighted by atomic mass is 10.1. The first-order chi connectivity index (χ1) is 9.60. The third-order valence-corrected chi connectivity index (χ3v) is 2.98. The topological polar surface area (TPSA) is 55.8 Å². The van der Waals surface area contributed by atoms with Gasteiger partial charge >= 0.3 is 5.97 Å². The van der Waals surface area contributed by atoms with Crippen molar-refractivity contribution in [1.82, 2.24) is 0 Å². The van der Waals surface area contributed by atoms with Gasteiger partial charge in [0, 0.05) is 0 Å². The summed E-state index contributed by atoms with van der Waals surface area (Å²) in [5.74, 6) is 0.552. The number of benzene rings is 2. The van der Waals surface area contributed by atoms with Gasteiger partial charge in [0.05, 0.1) is 12.7 Å². The highest BCUT2D eigenvalue weighted by atomic mass is 16.5. The zero-order chi connectivity index (χ0) is 14.5. The van der Waals surface area contributed by atoms with Gasteiger partial charge in [0.25, 0.3) is 0 Å². The Balaban J connectivity index is 2.04. The van der Waals surface area contributed by atoms with E-state index in [4.69, 9.17) is 14.6 Å². The van der Waals surface area contributed by atoms with Gasteiger partial charge in [-0.25, -0.2) is 4.79 Å². The van der Waals surface area contributed by atoms with Gasteiger partial charge in [-0.15, -0.1) is 0 Å². The molecule has 4 nitrogen and oxygen atoms in total. The predicted molar refractivity (Wildman–Crippen MR) is 75.5 cm³/mol. The molecule has 2 aromatic rings. The number of hydrogen-bond donors (Lipinski definition) is 1. The molecule has 0 atom stereocenters. The molecule has 0 aliphatic heterocycles. The fourth-order valence-corrected chi connectivity index (χ4v) is 1.83. The molecule has 0 unspecified atom stereocenters. The molecular weight excluding hydrogens is 256 g/mol. The summed E-state index contributed by atoms with van der Waals surface area (Å²) in [6.07, 6.45) is 0. The zero-order valence-electron chi connectivity index (χ0n) is 11.4. The van der Waals surface area contributed by atoms with Gasteiger partial charge in [0.2, 0.25) is 0 Å². The molecule has 104 valence electrons. The summed E-state index contributed by atoms with van der Waals surface area (Å²) < 4.78 is 10.8. The van der Waals surface area contributed by atoms with Crippen molar-refractivity contribution in [2.75, 3.05) is 7.11 Å². The molecule has 0 fully saturated rings. The van der Waals surface area contributed by atoms with Gasteiger partial charge < -0.3 is 14.6 Å². The van der Waals surface area contributed by atoms with Gasteiger partial charge in [-0.05, 0) is 48.4 Å². The Labute approximate surface area is 117 Å². The van der Waals surface area contributed by atoms with E-state index in [0.29, 0.717) is 12.4 Å². The maximum Gasteiger partial charge on any atom is 0.335 e. The number of methoxy groups -OCH3 is 1. The van der Waals surface area contributed by atoms with Crippen LogP contribution in [0.2, 0.25) is 0 Å². The molecule has 0 saturated heterocycles. The maximum atomic E-state index is 10.9. The third-order valence-electron chi connectivity index (χ3n) is 2.98. The number of aromatic carboxylic acids is 1. The average Bonchev–Trinajstić information content (AvgIpc) is 2.46. The molecule has 2 rings (SSSR count). The fraction of sp³-hybridized carbons (Fsp3) is 0.188. The van der Waals surface area contributed by atoms with Crippen LogP contribution >= 0.6 is 0 Å². The highest BCUT2D eigenvalue weighted by Crippen LogP contribution is 2.21. The lowest BCUT2D eigenvalue weighted by molar-refractivity contribution is 0.0696. The van der Waals surface area contributed by atoms with Crippen LogP contribution in [0.5, 0.6) is 11.5 Å². The SMILES string of the molecule is COc1ccc(COc2ccc(C(=O)O)cc2C)cc1. The van der Waals surface area contributed by atoms with E-state index >= 15 is 0 Å². The second kappa shape index (κ2) is 6.10. The van der Waals surface area contributed by atoms with Gasteiger partial charge in [-0.3, -0.25) is 0 Å². The van der Waals surface area contributed by atoms with Crippen LogP contribution in [-0.4, -0.2) is 18.2 Å². The fourth-order valence-electron chi connectivity index (χ4n) is 1.83. The van der Waals surface area contributed by atoms with Crippen molar-refractivity contribution < 1.29 is 19.4 Å². The molecule has 0 bridgehead atoms. The summed E-state index contributed by atoms with van der Waals surface area (Å²) in [5.41, 5.74) is 2.09. The Hall–Kier alpha value is -2.49. The summed E-state index contributed by atoms with van der Waals surface area (Å²) in [5, 5.41) is 8.90. The van der Waals surface area contributed by atoms with E-state index in [-0.39, 0.29) is 5.56 Å². The van der Waals surface area contributed by atoms with E-state index in [1.807, 2.05) is 31.2 Å². The number of ether oxygens (including phenoxy) is 2. The molecule has 0 radical (unpaired) electrons. The smallest absolute Gasteiger partial charge is 0.335 e. The quantitative estimate of drug-likeness (QED) is 0.907. The average molecular weight is 272 g/mol. The summed E-state index contributed by atoms with van der Waals surface area (Å²) in [7, 11) is 1.62. The van der Waals surface area contributed by atoms with Gasteiger partial charge in [0.15, 0.2) is 0 Å². The first kappa shape index (κ1) is 13.9. The van der Waals surface area contributed by atoms with E-state index in [2.05, 4.69) is 0 Å². The van der Waals surface area contributed by atoms with E-state index in [9.17, 15) is 4.79 Å². The lowest BCUT2D eigenvalue weighted by Gasteiger charge is -2.10. The first-order valence-corrected chi connectivity index (χ1v) is 6.20. The molecule has 0 saturated carbocycles. The van der Waals surface area contributed by atoms with Crippen molar-refractivity contribution in [3.63, 3.8) is 0 Å². The Morgan fingerprint density at radius 3 is 2.40 bits per heavy atom. The Kier molecular flexibility index (Phi) is 4.25. The standard InChI is InChI=1S/C16H16O4/c1-11-9-13(16(17)18)5-8-15(11)20-10-12-3-6-14(19-2)7-4-12/h3-9H,10H2,1-2H3,(H,17,18). The van der Waals surface area contributed by atoms with Crippen molar-refractivity contribution in [2.24, 2.45) is 0 Å². The number of aryl methyl sites for hydroxylation is 1. The van der Waals surface area contributed by atoms with Crippen LogP contribution in [-0.2, 0) is 6.61 Å². The molecule has 0 heterocycles. The first-order valence-electron chi connectivity index (χ1n) is 6.20. The number of carboxylic acids is 1. The van der Waals surface area contributed by atoms with E-state index < -0.39 is 5.97 Å².